The van der Waals surface area contributed by atoms with Crippen molar-refractivity contribution in [3.63, 3.8) is 0 Å². The minimum Gasteiger partial charge on any atom is -0.502 e. The van der Waals surface area contributed by atoms with Crippen molar-refractivity contribution in [2.45, 2.75) is 39.0 Å². The summed E-state index contributed by atoms with van der Waals surface area (Å²) in [5.74, 6) is 1.61. The van der Waals surface area contributed by atoms with Gasteiger partial charge < -0.3 is 4.74 Å². The summed E-state index contributed by atoms with van der Waals surface area (Å²) in [4.78, 5) is 0. The Balaban J connectivity index is 2.19. The van der Waals surface area contributed by atoms with E-state index in [1.54, 1.807) is 6.26 Å². The van der Waals surface area contributed by atoms with E-state index < -0.39 is 0 Å². The zero-order chi connectivity index (χ0) is 8.81. The molecule has 0 spiro atoms. The highest BCUT2D eigenvalue weighted by Gasteiger charge is 2.19. The van der Waals surface area contributed by atoms with E-state index in [1.807, 2.05) is 0 Å². The second-order valence-electron chi connectivity index (χ2n) is 3.88. The first-order valence-electron chi connectivity index (χ1n) is 5.07. The van der Waals surface area contributed by atoms with Gasteiger partial charge in [0.25, 0.3) is 0 Å². The molecule has 1 aliphatic carbocycles. The fourth-order valence-electron chi connectivity index (χ4n) is 2.06. The van der Waals surface area contributed by atoms with Gasteiger partial charge in [0.2, 0.25) is 0 Å². The van der Waals surface area contributed by atoms with Crippen LogP contribution in [0.4, 0.5) is 0 Å². The summed E-state index contributed by atoms with van der Waals surface area (Å²) in [6.07, 6.45) is 8.64. The first-order valence-corrected chi connectivity index (χ1v) is 5.07. The van der Waals surface area contributed by atoms with Crippen molar-refractivity contribution in [3.05, 3.63) is 12.8 Å². The van der Waals surface area contributed by atoms with Crippen LogP contribution >= 0.6 is 0 Å². The molecule has 70 valence electrons. The Labute approximate surface area is 75.8 Å². The molecular formula is C11H20O. The molecule has 1 fully saturated rings. The predicted molar refractivity (Wildman–Crippen MR) is 51.9 cm³/mol. The van der Waals surface area contributed by atoms with Crippen molar-refractivity contribution in [2.75, 3.05) is 6.61 Å². The molecule has 1 saturated carbocycles. The Hall–Kier alpha value is -0.460. The van der Waals surface area contributed by atoms with Crippen LogP contribution in [0.1, 0.15) is 39.0 Å². The third-order valence-corrected chi connectivity index (χ3v) is 2.93. The van der Waals surface area contributed by atoms with Gasteiger partial charge in [0, 0.05) is 0 Å². The normalized spacial score (nSPS) is 21.8. The van der Waals surface area contributed by atoms with Gasteiger partial charge in [-0.05, 0) is 11.8 Å². The monoisotopic (exact) mass is 168 g/mol. The molecule has 1 atom stereocenters. The summed E-state index contributed by atoms with van der Waals surface area (Å²) >= 11 is 0. The Kier molecular flexibility index (Phi) is 4.20. The first-order chi connectivity index (χ1) is 5.84. The van der Waals surface area contributed by atoms with Gasteiger partial charge in [-0.2, -0.15) is 0 Å². The van der Waals surface area contributed by atoms with Crippen molar-refractivity contribution < 1.29 is 4.74 Å². The maximum absolute atomic E-state index is 5.21. The highest BCUT2D eigenvalue weighted by molar-refractivity contribution is 4.71. The van der Waals surface area contributed by atoms with Gasteiger partial charge in [-0.25, -0.2) is 0 Å². The summed E-state index contributed by atoms with van der Waals surface area (Å²) < 4.78 is 5.21. The molecule has 0 radical (unpaired) electrons. The zero-order valence-electron chi connectivity index (χ0n) is 8.09. The van der Waals surface area contributed by atoms with Crippen LogP contribution in [0, 0.1) is 11.8 Å². The van der Waals surface area contributed by atoms with Crippen molar-refractivity contribution in [2.24, 2.45) is 11.8 Å². The third kappa shape index (κ3) is 2.88. The van der Waals surface area contributed by atoms with Crippen molar-refractivity contribution in [1.29, 1.82) is 0 Å². The predicted octanol–water partition coefficient (Wildman–Crippen LogP) is 3.36. The van der Waals surface area contributed by atoms with E-state index in [-0.39, 0.29) is 0 Å². The highest BCUT2D eigenvalue weighted by Crippen LogP contribution is 2.29. The average Bonchev–Trinajstić information content (AvgIpc) is 2.15. The summed E-state index contributed by atoms with van der Waals surface area (Å²) in [5.41, 5.74) is 0. The van der Waals surface area contributed by atoms with Crippen LogP contribution in [-0.4, -0.2) is 6.61 Å². The Morgan fingerprint density at radius 3 is 2.67 bits per heavy atom. The molecule has 0 aromatic carbocycles. The number of hydrogen-bond acceptors (Lipinski definition) is 1. The van der Waals surface area contributed by atoms with Crippen molar-refractivity contribution >= 4 is 0 Å². The quantitative estimate of drug-likeness (QED) is 0.585. The standard InChI is InChI=1S/C11H20O/c1-3-12-9-10(2)11-7-5-4-6-8-11/h3,10-11H,1,4-9H2,2H3. The van der Waals surface area contributed by atoms with Crippen LogP contribution in [0.5, 0.6) is 0 Å². The van der Waals surface area contributed by atoms with Gasteiger partial charge in [-0.15, -0.1) is 0 Å². The van der Waals surface area contributed by atoms with Crippen molar-refractivity contribution in [3.8, 4) is 0 Å². The van der Waals surface area contributed by atoms with E-state index in [0.29, 0.717) is 5.92 Å². The van der Waals surface area contributed by atoms with Gasteiger partial charge in [0.05, 0.1) is 12.9 Å². The molecule has 0 saturated heterocycles. The maximum atomic E-state index is 5.21. The molecule has 0 amide bonds. The Morgan fingerprint density at radius 1 is 1.42 bits per heavy atom. The molecule has 0 aromatic heterocycles. The molecule has 1 rings (SSSR count). The van der Waals surface area contributed by atoms with E-state index in [4.69, 9.17) is 4.74 Å². The zero-order valence-corrected chi connectivity index (χ0v) is 8.09. The molecule has 1 nitrogen and oxygen atoms in total. The molecule has 1 heteroatoms. The van der Waals surface area contributed by atoms with Crippen LogP contribution in [0.15, 0.2) is 12.8 Å². The van der Waals surface area contributed by atoms with E-state index in [1.165, 1.54) is 32.1 Å². The highest BCUT2D eigenvalue weighted by atomic mass is 16.5. The lowest BCUT2D eigenvalue weighted by Gasteiger charge is -2.26. The van der Waals surface area contributed by atoms with Gasteiger partial charge in [0.15, 0.2) is 0 Å². The van der Waals surface area contributed by atoms with Crippen LogP contribution in [0.2, 0.25) is 0 Å². The van der Waals surface area contributed by atoms with Crippen molar-refractivity contribution in [1.82, 2.24) is 0 Å². The van der Waals surface area contributed by atoms with Gasteiger partial charge in [-0.1, -0.05) is 45.6 Å². The summed E-state index contributed by atoms with van der Waals surface area (Å²) in [5, 5.41) is 0. The summed E-state index contributed by atoms with van der Waals surface area (Å²) in [6, 6.07) is 0. The number of rotatable bonds is 4. The lowest BCUT2D eigenvalue weighted by molar-refractivity contribution is 0.143. The van der Waals surface area contributed by atoms with E-state index in [9.17, 15) is 0 Å². The smallest absolute Gasteiger partial charge is 0.0901 e. The largest absolute Gasteiger partial charge is 0.502 e. The Morgan fingerprint density at radius 2 is 2.08 bits per heavy atom. The van der Waals surface area contributed by atoms with Gasteiger partial charge in [-0.3, -0.25) is 0 Å². The summed E-state index contributed by atoms with van der Waals surface area (Å²) in [7, 11) is 0. The molecule has 0 bridgehead atoms. The minimum absolute atomic E-state index is 0.711. The SMILES string of the molecule is C=COCC(C)C1CCCCC1. The second kappa shape index (κ2) is 5.23. The molecule has 0 N–H and O–H groups in total. The van der Waals surface area contributed by atoms with Crippen LogP contribution in [0.25, 0.3) is 0 Å². The van der Waals surface area contributed by atoms with Crippen LogP contribution in [0.3, 0.4) is 0 Å². The minimum atomic E-state index is 0.711. The summed E-state index contributed by atoms with van der Waals surface area (Å²) in [6.45, 7) is 6.70. The first kappa shape index (κ1) is 9.63. The molecule has 12 heavy (non-hydrogen) atoms. The lowest BCUT2D eigenvalue weighted by atomic mass is 9.81. The molecule has 1 unspecified atom stereocenters. The molecular weight excluding hydrogens is 148 g/mol. The lowest BCUT2D eigenvalue weighted by Crippen LogP contribution is -2.18. The third-order valence-electron chi connectivity index (χ3n) is 2.93. The average molecular weight is 168 g/mol. The molecule has 0 aromatic rings. The van der Waals surface area contributed by atoms with Gasteiger partial charge >= 0.3 is 0 Å². The molecule has 0 aliphatic heterocycles. The van der Waals surface area contributed by atoms with Crippen LogP contribution in [-0.2, 0) is 4.74 Å². The van der Waals surface area contributed by atoms with E-state index in [0.717, 1.165) is 12.5 Å². The van der Waals surface area contributed by atoms with Gasteiger partial charge in [0.1, 0.15) is 0 Å². The second-order valence-corrected chi connectivity index (χ2v) is 3.88. The van der Waals surface area contributed by atoms with E-state index in [2.05, 4.69) is 13.5 Å². The maximum Gasteiger partial charge on any atom is 0.0901 e. The molecule has 1 aliphatic rings. The molecule has 0 heterocycles. The number of hydrogen-bond donors (Lipinski definition) is 0. The van der Waals surface area contributed by atoms with E-state index >= 15 is 0 Å². The Bertz CT molecular complexity index is 125. The number of ether oxygens (including phenoxy) is 1. The fourth-order valence-corrected chi connectivity index (χ4v) is 2.06. The topological polar surface area (TPSA) is 9.23 Å². The van der Waals surface area contributed by atoms with Crippen LogP contribution < -0.4 is 0 Å². The fraction of sp³-hybridized carbons (Fsp3) is 0.818.